The van der Waals surface area contributed by atoms with Gasteiger partial charge in [-0.3, -0.25) is 9.69 Å². The van der Waals surface area contributed by atoms with Crippen LogP contribution in [0.25, 0.3) is 5.65 Å². The Bertz CT molecular complexity index is 2120. The molecule has 2 amide bonds. The van der Waals surface area contributed by atoms with Gasteiger partial charge >= 0.3 is 12.3 Å². The predicted molar refractivity (Wildman–Crippen MR) is 194 cm³/mol. The standard InChI is InChI=1S/C36H40F3N7O6S2/c1-35(2,3)17-18-45(54(50,51)29-20-44-28(19-41-29)42-22-43-44)25(21-47)26-15-16-27(53-26)32(36(37,38)39)46(34(49)52-4)31(33(40)48)30(23-11-7-5-8-12-23)24-13-9-6-10-14-24/h5-16,19-20,22,25,30-32,47H,17-18,21H2,1-4H3,(H2,40,48)/t25-,31+,32-/m1/s1. The Balaban J connectivity index is 1.64. The van der Waals surface area contributed by atoms with Crippen molar-refractivity contribution in [2.24, 2.45) is 11.1 Å². The smallest absolute Gasteiger partial charge is 0.414 e. The quantitative estimate of drug-likeness (QED) is 0.143. The van der Waals surface area contributed by atoms with E-state index in [1.54, 1.807) is 60.7 Å². The van der Waals surface area contributed by atoms with Crippen LogP contribution in [0.15, 0.2) is 96.5 Å². The fourth-order valence-corrected chi connectivity index (χ4v) is 8.96. The summed E-state index contributed by atoms with van der Waals surface area (Å²) in [5.41, 5.74) is 6.61. The molecule has 0 fully saturated rings. The summed E-state index contributed by atoms with van der Waals surface area (Å²) < 4.78 is 82.0. The van der Waals surface area contributed by atoms with E-state index in [1.807, 2.05) is 20.8 Å². The second-order valence-corrected chi connectivity index (χ2v) is 16.6. The van der Waals surface area contributed by atoms with Crippen molar-refractivity contribution in [1.82, 2.24) is 28.8 Å². The SMILES string of the molecule is COC(=O)N([C@H](C(N)=O)C(c1ccccc1)c1ccccc1)[C@H](c1ccc([C@@H](CO)N(CCC(C)(C)C)S(=O)(=O)c2cn3ncnc3cn2)s1)C(F)(F)F. The van der Waals surface area contributed by atoms with E-state index in [9.17, 15) is 23.1 Å². The molecule has 0 spiro atoms. The number of thiophene rings is 1. The van der Waals surface area contributed by atoms with Gasteiger partial charge in [0.15, 0.2) is 16.7 Å². The summed E-state index contributed by atoms with van der Waals surface area (Å²) in [5.74, 6) is -2.39. The normalized spacial score (nSPS) is 14.3. The highest BCUT2D eigenvalue weighted by atomic mass is 32.2. The average Bonchev–Trinajstić information content (AvgIpc) is 3.80. The number of hydrogen-bond acceptors (Lipinski definition) is 10. The summed E-state index contributed by atoms with van der Waals surface area (Å²) in [6, 6.07) is 12.7. The second-order valence-electron chi connectivity index (χ2n) is 13.6. The number of aromatic nitrogens is 4. The molecule has 0 bridgehead atoms. The lowest BCUT2D eigenvalue weighted by atomic mass is 9.83. The molecule has 3 N–H and O–H groups in total. The molecule has 18 heteroatoms. The Labute approximate surface area is 314 Å². The van der Waals surface area contributed by atoms with E-state index >= 15 is 13.2 Å². The number of aliphatic hydroxyl groups excluding tert-OH is 1. The lowest BCUT2D eigenvalue weighted by Gasteiger charge is -2.39. The number of sulfonamides is 1. The molecular formula is C36H40F3N7O6S2. The Morgan fingerprint density at radius 3 is 2.07 bits per heavy atom. The first kappa shape index (κ1) is 40.3. The van der Waals surface area contributed by atoms with Crippen molar-refractivity contribution in [2.45, 2.75) is 62.4 Å². The minimum Gasteiger partial charge on any atom is -0.453 e. The fourth-order valence-electron chi connectivity index (χ4n) is 6.15. The molecule has 5 aromatic rings. The first-order valence-electron chi connectivity index (χ1n) is 16.7. The maximum absolute atomic E-state index is 15.5. The molecular weight excluding hydrogens is 748 g/mol. The van der Waals surface area contributed by atoms with Gasteiger partial charge in [-0.1, -0.05) is 81.4 Å². The number of carbonyl (C=O) groups excluding carboxylic acids is 2. The van der Waals surface area contributed by atoms with Crippen LogP contribution in [0, 0.1) is 5.41 Å². The van der Waals surface area contributed by atoms with Crippen LogP contribution in [0.3, 0.4) is 0 Å². The summed E-state index contributed by atoms with van der Waals surface area (Å²) in [6.45, 7) is 4.70. The zero-order valence-electron chi connectivity index (χ0n) is 29.8. The Hall–Kier alpha value is -4.91. The van der Waals surface area contributed by atoms with Crippen molar-refractivity contribution >= 4 is 39.0 Å². The number of hydrogen-bond donors (Lipinski definition) is 2. The lowest BCUT2D eigenvalue weighted by Crippen LogP contribution is -2.55. The van der Waals surface area contributed by atoms with Gasteiger partial charge in [-0.05, 0) is 35.1 Å². The molecule has 0 saturated heterocycles. The highest BCUT2D eigenvalue weighted by Crippen LogP contribution is 2.46. The predicted octanol–water partition coefficient (Wildman–Crippen LogP) is 5.70. The molecule has 2 aromatic carbocycles. The number of alkyl halides is 3. The second kappa shape index (κ2) is 16.2. The van der Waals surface area contributed by atoms with Gasteiger partial charge < -0.3 is 15.6 Å². The third-order valence-electron chi connectivity index (χ3n) is 8.76. The molecule has 0 saturated carbocycles. The van der Waals surface area contributed by atoms with E-state index in [0.29, 0.717) is 33.8 Å². The molecule has 0 unspecified atom stereocenters. The zero-order valence-corrected chi connectivity index (χ0v) is 31.4. The molecule has 0 aliphatic carbocycles. The van der Waals surface area contributed by atoms with E-state index < -0.39 is 74.2 Å². The molecule has 54 heavy (non-hydrogen) atoms. The number of ether oxygens (including phenoxy) is 1. The third-order valence-corrected chi connectivity index (χ3v) is 11.8. The number of methoxy groups -OCH3 is 1. The topological polar surface area (TPSA) is 173 Å². The Morgan fingerprint density at radius 1 is 0.963 bits per heavy atom. The van der Waals surface area contributed by atoms with E-state index in [1.165, 1.54) is 23.1 Å². The molecule has 0 aliphatic heterocycles. The van der Waals surface area contributed by atoms with E-state index in [-0.39, 0.29) is 17.1 Å². The number of fused-ring (bicyclic) bond motifs is 1. The highest BCUT2D eigenvalue weighted by molar-refractivity contribution is 7.89. The fraction of sp³-hybridized carbons (Fsp3) is 0.361. The van der Waals surface area contributed by atoms with Crippen LogP contribution < -0.4 is 5.73 Å². The van der Waals surface area contributed by atoms with Gasteiger partial charge in [0.2, 0.25) is 5.91 Å². The van der Waals surface area contributed by atoms with Crippen LogP contribution in [-0.2, 0) is 19.6 Å². The van der Waals surface area contributed by atoms with E-state index in [4.69, 9.17) is 10.5 Å². The van der Waals surface area contributed by atoms with Crippen molar-refractivity contribution in [3.8, 4) is 0 Å². The van der Waals surface area contributed by atoms with E-state index in [0.717, 1.165) is 23.7 Å². The number of carbonyl (C=O) groups is 2. The summed E-state index contributed by atoms with van der Waals surface area (Å²) in [6.07, 6.45) is -2.80. The summed E-state index contributed by atoms with van der Waals surface area (Å²) in [7, 11) is -3.62. The van der Waals surface area contributed by atoms with Crippen molar-refractivity contribution in [3.63, 3.8) is 0 Å². The van der Waals surface area contributed by atoms with Crippen LogP contribution >= 0.6 is 11.3 Å². The largest absolute Gasteiger partial charge is 0.453 e. The van der Waals surface area contributed by atoms with Crippen molar-refractivity contribution in [2.75, 3.05) is 20.3 Å². The van der Waals surface area contributed by atoms with Gasteiger partial charge in [0.05, 0.1) is 32.2 Å². The first-order chi connectivity index (χ1) is 25.5. The third kappa shape index (κ3) is 8.72. The van der Waals surface area contributed by atoms with Gasteiger partial charge in [0.25, 0.3) is 10.0 Å². The number of nitrogens with zero attached hydrogens (tertiary/aromatic N) is 6. The van der Waals surface area contributed by atoms with Gasteiger partial charge in [0, 0.05) is 22.2 Å². The number of halogens is 3. The molecule has 0 aliphatic rings. The van der Waals surface area contributed by atoms with Crippen LogP contribution in [-0.4, -0.2) is 86.8 Å². The number of benzene rings is 2. The van der Waals surface area contributed by atoms with Crippen LogP contribution in [0.4, 0.5) is 18.0 Å². The minimum atomic E-state index is -5.20. The molecule has 3 heterocycles. The highest BCUT2D eigenvalue weighted by Gasteiger charge is 2.53. The number of amides is 2. The van der Waals surface area contributed by atoms with Gasteiger partial charge in [-0.2, -0.15) is 22.6 Å². The molecule has 288 valence electrons. The first-order valence-corrected chi connectivity index (χ1v) is 18.9. The van der Waals surface area contributed by atoms with Crippen LogP contribution in [0.5, 0.6) is 0 Å². The maximum atomic E-state index is 15.5. The number of rotatable bonds is 14. The molecule has 13 nitrogen and oxygen atoms in total. The molecule has 0 radical (unpaired) electrons. The summed E-state index contributed by atoms with van der Waals surface area (Å²) in [5, 5.41) is 14.3. The van der Waals surface area contributed by atoms with Gasteiger partial charge in [-0.25, -0.2) is 27.7 Å². The Morgan fingerprint density at radius 2 is 1.56 bits per heavy atom. The number of nitrogens with two attached hydrogens (primary N) is 1. The summed E-state index contributed by atoms with van der Waals surface area (Å²) in [4.78, 5) is 34.9. The minimum absolute atomic E-state index is 0.0316. The zero-order chi connectivity index (χ0) is 39.4. The summed E-state index contributed by atoms with van der Waals surface area (Å²) >= 11 is 0.531. The van der Waals surface area contributed by atoms with E-state index in [2.05, 4.69) is 15.1 Å². The number of aliphatic hydroxyl groups is 1. The van der Waals surface area contributed by atoms with Gasteiger partial charge in [0.1, 0.15) is 12.4 Å². The van der Waals surface area contributed by atoms with Crippen LogP contribution in [0.2, 0.25) is 0 Å². The average molecular weight is 788 g/mol. The molecule has 3 atom stereocenters. The van der Waals surface area contributed by atoms with Crippen molar-refractivity contribution in [1.29, 1.82) is 0 Å². The lowest BCUT2D eigenvalue weighted by molar-refractivity contribution is -0.186. The van der Waals surface area contributed by atoms with Gasteiger partial charge in [-0.15, -0.1) is 11.3 Å². The van der Waals surface area contributed by atoms with Crippen molar-refractivity contribution < 1.29 is 41.0 Å². The molecule has 5 rings (SSSR count). The van der Waals surface area contributed by atoms with Crippen molar-refractivity contribution in [3.05, 3.63) is 112 Å². The number of primary amides is 1. The van der Waals surface area contributed by atoms with Crippen LogP contribution in [0.1, 0.15) is 66.1 Å². The maximum Gasteiger partial charge on any atom is 0.414 e. The molecule has 3 aromatic heterocycles. The monoisotopic (exact) mass is 787 g/mol. The Kier molecular flexibility index (Phi) is 12.1.